The molecule has 0 aliphatic heterocycles. The first-order valence-corrected chi connectivity index (χ1v) is 8.17. The van der Waals surface area contributed by atoms with Gasteiger partial charge in [-0.3, -0.25) is 9.78 Å². The third kappa shape index (κ3) is 4.53. The van der Waals surface area contributed by atoms with Crippen molar-refractivity contribution in [1.29, 1.82) is 0 Å². The molecule has 0 aromatic carbocycles. The number of ketones is 1. The molecule has 1 aliphatic rings. The highest BCUT2D eigenvalue weighted by atomic mass is 16.6. The van der Waals surface area contributed by atoms with E-state index in [9.17, 15) is 9.59 Å². The van der Waals surface area contributed by atoms with Gasteiger partial charge >= 0.3 is 6.09 Å². The van der Waals surface area contributed by atoms with Gasteiger partial charge in [0.05, 0.1) is 0 Å². The summed E-state index contributed by atoms with van der Waals surface area (Å²) in [7, 11) is 0. The first-order chi connectivity index (χ1) is 10.7. The number of ether oxygens (including phenoxy) is 1. The molecule has 1 N–H and O–H groups in total. The second-order valence-corrected chi connectivity index (χ2v) is 7.25. The SMILES string of the molecule is Cc1cccnc1CCC(=O)C1(NC(=O)OC(C)(C)C)CCC1. The highest BCUT2D eigenvalue weighted by Crippen LogP contribution is 2.34. The maximum Gasteiger partial charge on any atom is 0.408 e. The van der Waals surface area contributed by atoms with E-state index in [1.165, 1.54) is 0 Å². The molecule has 0 atom stereocenters. The summed E-state index contributed by atoms with van der Waals surface area (Å²) in [6.07, 6.45) is 4.53. The van der Waals surface area contributed by atoms with Crippen LogP contribution in [0.1, 0.15) is 57.7 Å². The Kier molecular flexibility index (Phi) is 5.07. The maximum atomic E-state index is 12.6. The predicted octanol–water partition coefficient (Wildman–Crippen LogP) is 3.34. The normalized spacial score (nSPS) is 16.3. The maximum absolute atomic E-state index is 12.6. The quantitative estimate of drug-likeness (QED) is 0.904. The van der Waals surface area contributed by atoms with Crippen molar-refractivity contribution in [2.75, 3.05) is 0 Å². The number of alkyl carbamates (subject to hydrolysis) is 1. The highest BCUT2D eigenvalue weighted by Gasteiger charge is 2.45. The zero-order valence-electron chi connectivity index (χ0n) is 14.4. The minimum absolute atomic E-state index is 0.0691. The zero-order chi connectivity index (χ0) is 17.1. The Morgan fingerprint density at radius 2 is 2.04 bits per heavy atom. The summed E-state index contributed by atoms with van der Waals surface area (Å²) < 4.78 is 5.29. The number of nitrogens with one attached hydrogen (secondary N) is 1. The molecule has 1 fully saturated rings. The number of aromatic nitrogens is 1. The molecule has 0 saturated heterocycles. The molecule has 1 aromatic rings. The first kappa shape index (κ1) is 17.4. The minimum Gasteiger partial charge on any atom is -0.444 e. The van der Waals surface area contributed by atoms with E-state index in [0.29, 0.717) is 25.7 Å². The largest absolute Gasteiger partial charge is 0.444 e. The molecule has 5 nitrogen and oxygen atoms in total. The molecule has 1 saturated carbocycles. The van der Waals surface area contributed by atoms with Gasteiger partial charge in [0, 0.05) is 18.3 Å². The Morgan fingerprint density at radius 3 is 2.57 bits per heavy atom. The van der Waals surface area contributed by atoms with Crippen LogP contribution < -0.4 is 5.32 Å². The lowest BCUT2D eigenvalue weighted by molar-refractivity contribution is -0.128. The van der Waals surface area contributed by atoms with Gasteiger partial charge in [0.1, 0.15) is 11.1 Å². The lowest BCUT2D eigenvalue weighted by atomic mass is 9.72. The van der Waals surface area contributed by atoms with Gasteiger partial charge in [-0.2, -0.15) is 0 Å². The lowest BCUT2D eigenvalue weighted by Gasteiger charge is -2.41. The van der Waals surface area contributed by atoms with E-state index < -0.39 is 17.2 Å². The zero-order valence-corrected chi connectivity index (χ0v) is 14.4. The smallest absolute Gasteiger partial charge is 0.408 e. The van der Waals surface area contributed by atoms with Crippen molar-refractivity contribution in [1.82, 2.24) is 10.3 Å². The monoisotopic (exact) mass is 318 g/mol. The van der Waals surface area contributed by atoms with Gasteiger partial charge in [0.15, 0.2) is 5.78 Å². The number of pyridine rings is 1. The third-order valence-corrected chi connectivity index (χ3v) is 4.19. The van der Waals surface area contributed by atoms with Gasteiger partial charge in [-0.05, 0) is 65.0 Å². The molecule has 0 bridgehead atoms. The Labute approximate surface area is 137 Å². The van der Waals surface area contributed by atoms with Crippen LogP contribution in [0, 0.1) is 6.92 Å². The molecule has 0 unspecified atom stereocenters. The molecule has 1 amide bonds. The van der Waals surface area contributed by atoms with Crippen LogP contribution in [0.5, 0.6) is 0 Å². The summed E-state index contributed by atoms with van der Waals surface area (Å²) in [5, 5.41) is 2.81. The molecule has 1 heterocycles. The van der Waals surface area contributed by atoms with E-state index in [1.54, 1.807) is 6.20 Å². The number of amides is 1. The van der Waals surface area contributed by atoms with Crippen LogP contribution in [0.15, 0.2) is 18.3 Å². The number of carbonyl (C=O) groups is 2. The summed E-state index contributed by atoms with van der Waals surface area (Å²) in [5.74, 6) is 0.0691. The number of hydrogen-bond acceptors (Lipinski definition) is 4. The Hall–Kier alpha value is -1.91. The van der Waals surface area contributed by atoms with Crippen LogP contribution in [-0.2, 0) is 16.0 Å². The van der Waals surface area contributed by atoms with Gasteiger partial charge in [0.25, 0.3) is 0 Å². The van der Waals surface area contributed by atoms with E-state index in [2.05, 4.69) is 10.3 Å². The summed E-state index contributed by atoms with van der Waals surface area (Å²) in [6, 6.07) is 3.88. The van der Waals surface area contributed by atoms with E-state index >= 15 is 0 Å². The number of carbonyl (C=O) groups excluding carboxylic acids is 2. The standard InChI is InChI=1S/C18H26N2O3/c1-13-7-5-12-19-14(13)8-9-15(21)18(10-6-11-18)20-16(22)23-17(2,3)4/h5,7,12H,6,8-11H2,1-4H3,(H,20,22). The molecule has 5 heteroatoms. The number of nitrogens with zero attached hydrogens (tertiary/aromatic N) is 1. The van der Waals surface area contributed by atoms with Crippen molar-refractivity contribution in [3.05, 3.63) is 29.6 Å². The summed E-state index contributed by atoms with van der Waals surface area (Å²) in [4.78, 5) is 29.0. The fourth-order valence-electron chi connectivity index (χ4n) is 2.75. The summed E-state index contributed by atoms with van der Waals surface area (Å²) in [6.45, 7) is 7.42. The molecular weight excluding hydrogens is 292 g/mol. The van der Waals surface area contributed by atoms with Crippen molar-refractivity contribution < 1.29 is 14.3 Å². The molecule has 0 spiro atoms. The lowest BCUT2D eigenvalue weighted by Crippen LogP contribution is -2.59. The van der Waals surface area contributed by atoms with Crippen LogP contribution in [0.4, 0.5) is 4.79 Å². The van der Waals surface area contributed by atoms with Crippen molar-refractivity contribution in [2.24, 2.45) is 0 Å². The van der Waals surface area contributed by atoms with Gasteiger partial charge in [-0.25, -0.2) is 4.79 Å². The average Bonchev–Trinajstić information content (AvgIpc) is 2.39. The Bertz CT molecular complexity index is 586. The van der Waals surface area contributed by atoms with E-state index in [1.807, 2.05) is 39.8 Å². The fraction of sp³-hybridized carbons (Fsp3) is 0.611. The van der Waals surface area contributed by atoms with E-state index in [0.717, 1.165) is 17.7 Å². The number of Topliss-reactive ketones (excluding diaryl/α,β-unsaturated/α-hetero) is 1. The summed E-state index contributed by atoms with van der Waals surface area (Å²) in [5.41, 5.74) is 0.712. The van der Waals surface area contributed by atoms with Crippen LogP contribution in [-0.4, -0.2) is 28.0 Å². The van der Waals surface area contributed by atoms with Crippen molar-refractivity contribution in [2.45, 2.75) is 70.9 Å². The van der Waals surface area contributed by atoms with Crippen LogP contribution >= 0.6 is 0 Å². The molecule has 23 heavy (non-hydrogen) atoms. The van der Waals surface area contributed by atoms with Crippen molar-refractivity contribution in [3.63, 3.8) is 0 Å². The average molecular weight is 318 g/mol. The number of hydrogen-bond donors (Lipinski definition) is 1. The van der Waals surface area contributed by atoms with Gasteiger partial charge in [-0.15, -0.1) is 0 Å². The molecule has 2 rings (SSSR count). The third-order valence-electron chi connectivity index (χ3n) is 4.19. The van der Waals surface area contributed by atoms with Gasteiger partial charge in [0.2, 0.25) is 0 Å². The second-order valence-electron chi connectivity index (χ2n) is 7.25. The molecule has 126 valence electrons. The van der Waals surface area contributed by atoms with Crippen LogP contribution in [0.25, 0.3) is 0 Å². The van der Waals surface area contributed by atoms with Gasteiger partial charge in [-0.1, -0.05) is 6.07 Å². The first-order valence-electron chi connectivity index (χ1n) is 8.17. The second kappa shape index (κ2) is 6.69. The molecular formula is C18H26N2O3. The topological polar surface area (TPSA) is 68.3 Å². The van der Waals surface area contributed by atoms with Gasteiger partial charge < -0.3 is 10.1 Å². The van der Waals surface area contributed by atoms with Crippen molar-refractivity contribution in [3.8, 4) is 0 Å². The predicted molar refractivity (Wildman–Crippen MR) is 88.3 cm³/mol. The van der Waals surface area contributed by atoms with Crippen LogP contribution in [0.2, 0.25) is 0 Å². The fourth-order valence-corrected chi connectivity index (χ4v) is 2.75. The molecule has 1 aliphatic carbocycles. The van der Waals surface area contributed by atoms with Crippen LogP contribution in [0.3, 0.4) is 0 Å². The Morgan fingerprint density at radius 1 is 1.35 bits per heavy atom. The minimum atomic E-state index is -0.745. The molecule has 1 aromatic heterocycles. The highest BCUT2D eigenvalue weighted by molar-refractivity contribution is 5.92. The number of aryl methyl sites for hydroxylation is 2. The van der Waals surface area contributed by atoms with Crippen molar-refractivity contribution >= 4 is 11.9 Å². The molecule has 0 radical (unpaired) electrons. The Balaban J connectivity index is 1.95. The van der Waals surface area contributed by atoms with E-state index in [4.69, 9.17) is 4.74 Å². The number of rotatable bonds is 5. The summed E-state index contributed by atoms with van der Waals surface area (Å²) >= 11 is 0. The van der Waals surface area contributed by atoms with E-state index in [-0.39, 0.29) is 5.78 Å².